The highest BCUT2D eigenvalue weighted by Crippen LogP contribution is 2.24. The third-order valence-corrected chi connectivity index (χ3v) is 2.60. The van der Waals surface area contributed by atoms with E-state index in [-0.39, 0.29) is 6.04 Å². The molecule has 1 aromatic heterocycles. The Kier molecular flexibility index (Phi) is 2.80. The van der Waals surface area contributed by atoms with E-state index in [1.807, 2.05) is 6.07 Å². The van der Waals surface area contributed by atoms with Gasteiger partial charge in [0.05, 0.1) is 6.07 Å². The molecule has 1 saturated carbocycles. The molecular formula is C10H10BrN3. The highest BCUT2D eigenvalue weighted by molar-refractivity contribution is 9.10. The highest BCUT2D eigenvalue weighted by atomic mass is 79.9. The van der Waals surface area contributed by atoms with Gasteiger partial charge in [-0.3, -0.25) is 10.3 Å². The predicted octanol–water partition coefficient (Wildman–Crippen LogP) is 2.16. The van der Waals surface area contributed by atoms with Crippen molar-refractivity contribution < 1.29 is 0 Å². The molecule has 1 fully saturated rings. The molecule has 0 aliphatic heterocycles. The van der Waals surface area contributed by atoms with Crippen LogP contribution in [0.4, 0.5) is 0 Å². The van der Waals surface area contributed by atoms with E-state index in [0.717, 1.165) is 10.0 Å². The SMILES string of the molecule is N#CC(NC1CC1)c1cncc(Br)c1. The summed E-state index contributed by atoms with van der Waals surface area (Å²) >= 11 is 3.34. The van der Waals surface area contributed by atoms with Crippen molar-refractivity contribution >= 4 is 15.9 Å². The summed E-state index contributed by atoms with van der Waals surface area (Å²) in [5.41, 5.74) is 0.925. The quantitative estimate of drug-likeness (QED) is 0.896. The lowest BCUT2D eigenvalue weighted by molar-refractivity contribution is 0.624. The molecule has 0 spiro atoms. The third-order valence-electron chi connectivity index (χ3n) is 2.17. The van der Waals surface area contributed by atoms with Crippen molar-refractivity contribution in [2.24, 2.45) is 0 Å². The number of rotatable bonds is 3. The number of hydrogen-bond donors (Lipinski definition) is 1. The molecule has 0 bridgehead atoms. The van der Waals surface area contributed by atoms with Gasteiger partial charge in [-0.25, -0.2) is 0 Å². The van der Waals surface area contributed by atoms with Crippen molar-refractivity contribution in [1.82, 2.24) is 10.3 Å². The second-order valence-electron chi connectivity index (χ2n) is 3.44. The molecule has 1 unspecified atom stereocenters. The summed E-state index contributed by atoms with van der Waals surface area (Å²) in [6.07, 6.45) is 5.81. The number of nitrogens with zero attached hydrogens (tertiary/aromatic N) is 2. The summed E-state index contributed by atoms with van der Waals surface area (Å²) in [7, 11) is 0. The molecule has 0 saturated heterocycles. The highest BCUT2D eigenvalue weighted by Gasteiger charge is 2.25. The Morgan fingerprint density at radius 3 is 2.93 bits per heavy atom. The lowest BCUT2D eigenvalue weighted by atomic mass is 10.1. The van der Waals surface area contributed by atoms with Gasteiger partial charge in [0, 0.05) is 28.5 Å². The summed E-state index contributed by atoms with van der Waals surface area (Å²) in [6, 6.07) is 4.47. The molecule has 1 aliphatic rings. The van der Waals surface area contributed by atoms with Crippen molar-refractivity contribution in [1.29, 1.82) is 5.26 Å². The minimum absolute atomic E-state index is 0.229. The van der Waals surface area contributed by atoms with Gasteiger partial charge in [0.2, 0.25) is 0 Å². The van der Waals surface area contributed by atoms with Gasteiger partial charge in [-0.15, -0.1) is 0 Å². The lowest BCUT2D eigenvalue weighted by Gasteiger charge is -2.10. The molecule has 0 amide bonds. The number of nitrogens with one attached hydrogen (secondary N) is 1. The Hall–Kier alpha value is -0.920. The lowest BCUT2D eigenvalue weighted by Crippen LogP contribution is -2.22. The summed E-state index contributed by atoms with van der Waals surface area (Å²) in [4.78, 5) is 4.04. The summed E-state index contributed by atoms with van der Waals surface area (Å²) < 4.78 is 0.910. The fourth-order valence-corrected chi connectivity index (χ4v) is 1.66. The third kappa shape index (κ3) is 2.31. The maximum atomic E-state index is 8.99. The van der Waals surface area contributed by atoms with Crippen LogP contribution in [0.15, 0.2) is 22.9 Å². The zero-order valence-corrected chi connectivity index (χ0v) is 9.16. The van der Waals surface area contributed by atoms with Gasteiger partial charge in [-0.1, -0.05) is 0 Å². The summed E-state index contributed by atoms with van der Waals surface area (Å²) in [6.45, 7) is 0. The zero-order chi connectivity index (χ0) is 9.97. The fraction of sp³-hybridized carbons (Fsp3) is 0.400. The van der Waals surface area contributed by atoms with Crippen LogP contribution in [0.25, 0.3) is 0 Å². The van der Waals surface area contributed by atoms with E-state index in [1.54, 1.807) is 12.4 Å². The zero-order valence-electron chi connectivity index (χ0n) is 7.57. The van der Waals surface area contributed by atoms with Gasteiger partial charge < -0.3 is 0 Å². The molecule has 4 heteroatoms. The van der Waals surface area contributed by atoms with Crippen molar-refractivity contribution in [2.45, 2.75) is 24.9 Å². The van der Waals surface area contributed by atoms with Gasteiger partial charge >= 0.3 is 0 Å². The number of aromatic nitrogens is 1. The van der Waals surface area contributed by atoms with Crippen molar-refractivity contribution in [3.63, 3.8) is 0 Å². The Morgan fingerprint density at radius 2 is 2.36 bits per heavy atom. The second-order valence-corrected chi connectivity index (χ2v) is 4.36. The van der Waals surface area contributed by atoms with Gasteiger partial charge in [0.1, 0.15) is 6.04 Å². The maximum absolute atomic E-state index is 8.99. The van der Waals surface area contributed by atoms with Crippen molar-refractivity contribution in [3.8, 4) is 6.07 Å². The molecule has 3 nitrogen and oxygen atoms in total. The van der Waals surface area contributed by atoms with Crippen LogP contribution in [-0.2, 0) is 0 Å². The second kappa shape index (κ2) is 4.07. The van der Waals surface area contributed by atoms with E-state index in [2.05, 4.69) is 32.3 Å². The van der Waals surface area contributed by atoms with Crippen LogP contribution < -0.4 is 5.32 Å². The molecule has 1 N–H and O–H groups in total. The summed E-state index contributed by atoms with van der Waals surface area (Å²) in [5.74, 6) is 0. The first-order valence-electron chi connectivity index (χ1n) is 4.55. The van der Waals surface area contributed by atoms with Crippen molar-refractivity contribution in [3.05, 3.63) is 28.5 Å². The van der Waals surface area contributed by atoms with Crippen LogP contribution in [0, 0.1) is 11.3 Å². The molecule has 0 radical (unpaired) electrons. The average molecular weight is 252 g/mol. The van der Waals surface area contributed by atoms with E-state index < -0.39 is 0 Å². The van der Waals surface area contributed by atoms with E-state index in [9.17, 15) is 0 Å². The molecule has 1 atom stereocenters. The molecule has 72 valence electrons. The van der Waals surface area contributed by atoms with Crippen LogP contribution in [0.2, 0.25) is 0 Å². The summed E-state index contributed by atoms with van der Waals surface area (Å²) in [5, 5.41) is 12.3. The largest absolute Gasteiger partial charge is 0.295 e. The molecule has 0 aromatic carbocycles. The Bertz CT molecular complexity index is 368. The average Bonchev–Trinajstić information content (AvgIpc) is 2.98. The predicted molar refractivity (Wildman–Crippen MR) is 56.4 cm³/mol. The monoisotopic (exact) mass is 251 g/mol. The van der Waals surface area contributed by atoms with E-state index in [1.165, 1.54) is 12.8 Å². The van der Waals surface area contributed by atoms with E-state index in [4.69, 9.17) is 5.26 Å². The van der Waals surface area contributed by atoms with Crippen molar-refractivity contribution in [2.75, 3.05) is 0 Å². The molecular weight excluding hydrogens is 242 g/mol. The van der Waals surface area contributed by atoms with E-state index in [0.29, 0.717) is 6.04 Å². The Labute approximate surface area is 91.3 Å². The van der Waals surface area contributed by atoms with E-state index >= 15 is 0 Å². The first kappa shape index (κ1) is 9.63. The van der Waals surface area contributed by atoms with Crippen LogP contribution in [0.3, 0.4) is 0 Å². The van der Waals surface area contributed by atoms with Gasteiger partial charge in [0.25, 0.3) is 0 Å². The standard InChI is InChI=1S/C10H10BrN3/c11-8-3-7(5-13-6-8)10(4-12)14-9-1-2-9/h3,5-6,9-10,14H,1-2H2. The van der Waals surface area contributed by atoms with Crippen LogP contribution >= 0.6 is 15.9 Å². The van der Waals surface area contributed by atoms with Crippen LogP contribution in [0.5, 0.6) is 0 Å². The molecule has 1 aromatic rings. The smallest absolute Gasteiger partial charge is 0.123 e. The normalized spacial score (nSPS) is 17.4. The maximum Gasteiger partial charge on any atom is 0.123 e. The Balaban J connectivity index is 2.14. The minimum atomic E-state index is -0.229. The van der Waals surface area contributed by atoms with Crippen LogP contribution in [0.1, 0.15) is 24.4 Å². The minimum Gasteiger partial charge on any atom is -0.295 e. The number of pyridine rings is 1. The molecule has 1 aliphatic carbocycles. The Morgan fingerprint density at radius 1 is 1.57 bits per heavy atom. The van der Waals surface area contributed by atoms with Gasteiger partial charge in [-0.2, -0.15) is 5.26 Å². The first-order chi connectivity index (χ1) is 6.79. The molecule has 1 heterocycles. The first-order valence-corrected chi connectivity index (χ1v) is 5.35. The molecule has 2 rings (SSSR count). The fourth-order valence-electron chi connectivity index (χ4n) is 1.28. The van der Waals surface area contributed by atoms with Gasteiger partial charge in [-0.05, 0) is 34.8 Å². The molecule has 14 heavy (non-hydrogen) atoms. The number of halogens is 1. The number of nitriles is 1. The van der Waals surface area contributed by atoms with Gasteiger partial charge in [0.15, 0.2) is 0 Å². The van der Waals surface area contributed by atoms with Crippen LogP contribution in [-0.4, -0.2) is 11.0 Å². The number of hydrogen-bond acceptors (Lipinski definition) is 3. The topological polar surface area (TPSA) is 48.7 Å².